The third kappa shape index (κ3) is 2.72. The van der Waals surface area contributed by atoms with Gasteiger partial charge >= 0.3 is 0 Å². The van der Waals surface area contributed by atoms with Gasteiger partial charge in [-0.05, 0) is 32.1 Å². The highest BCUT2D eigenvalue weighted by atomic mass is 16.2. The van der Waals surface area contributed by atoms with Crippen LogP contribution in [0.25, 0.3) is 0 Å². The third-order valence-corrected chi connectivity index (χ3v) is 4.27. The summed E-state index contributed by atoms with van der Waals surface area (Å²) in [7, 11) is 0. The van der Waals surface area contributed by atoms with E-state index in [0.717, 1.165) is 45.2 Å². The number of imidazole rings is 1. The summed E-state index contributed by atoms with van der Waals surface area (Å²) in [6, 6.07) is 0.402. The Balaban J connectivity index is 1.64. The van der Waals surface area contributed by atoms with Gasteiger partial charge in [0.05, 0.1) is 12.4 Å². The molecule has 102 valence electrons. The smallest absolute Gasteiger partial charge is 0.226 e. The lowest BCUT2D eigenvalue weighted by Gasteiger charge is -2.35. The van der Waals surface area contributed by atoms with Gasteiger partial charge in [0.15, 0.2) is 0 Å². The summed E-state index contributed by atoms with van der Waals surface area (Å²) in [6.07, 6.45) is 15.2. The molecule has 1 aromatic rings. The van der Waals surface area contributed by atoms with Crippen LogP contribution in [-0.2, 0) is 4.79 Å². The number of likely N-dealkylation sites (tertiary alicyclic amines) is 1. The fraction of sp³-hybridized carbons (Fsp3) is 0.600. The van der Waals surface area contributed by atoms with Crippen LogP contribution in [0.5, 0.6) is 0 Å². The quantitative estimate of drug-likeness (QED) is 0.765. The normalized spacial score (nSPS) is 27.5. The molecule has 0 radical (unpaired) electrons. The molecule has 1 aliphatic carbocycles. The number of allylic oxidation sites excluding steroid dienone is 2. The van der Waals surface area contributed by atoms with Crippen LogP contribution in [0, 0.1) is 5.92 Å². The van der Waals surface area contributed by atoms with Gasteiger partial charge in [0, 0.05) is 31.4 Å². The second-order valence-corrected chi connectivity index (χ2v) is 5.57. The molecule has 0 aromatic carbocycles. The van der Waals surface area contributed by atoms with Crippen molar-refractivity contribution in [1.29, 1.82) is 0 Å². The van der Waals surface area contributed by atoms with Crippen molar-refractivity contribution >= 4 is 5.91 Å². The maximum Gasteiger partial charge on any atom is 0.226 e. The van der Waals surface area contributed by atoms with Gasteiger partial charge in [0.2, 0.25) is 5.91 Å². The average molecular weight is 259 g/mol. The lowest BCUT2D eigenvalue weighted by atomic mass is 9.92. The Morgan fingerprint density at radius 2 is 2.21 bits per heavy atom. The van der Waals surface area contributed by atoms with Gasteiger partial charge in [-0.2, -0.15) is 0 Å². The summed E-state index contributed by atoms with van der Waals surface area (Å²) in [6.45, 7) is 1.76. The van der Waals surface area contributed by atoms with Crippen LogP contribution < -0.4 is 0 Å². The van der Waals surface area contributed by atoms with Gasteiger partial charge in [-0.15, -0.1) is 0 Å². The zero-order valence-corrected chi connectivity index (χ0v) is 11.2. The minimum atomic E-state index is 0.214. The Morgan fingerprint density at radius 1 is 1.26 bits per heavy atom. The number of nitrogens with zero attached hydrogens (tertiary/aromatic N) is 3. The van der Waals surface area contributed by atoms with Crippen molar-refractivity contribution in [1.82, 2.24) is 14.5 Å². The zero-order chi connectivity index (χ0) is 13.1. The van der Waals surface area contributed by atoms with E-state index in [-0.39, 0.29) is 5.92 Å². The fourth-order valence-electron chi connectivity index (χ4n) is 3.16. The van der Waals surface area contributed by atoms with Crippen LogP contribution in [0.3, 0.4) is 0 Å². The molecule has 0 spiro atoms. The van der Waals surface area contributed by atoms with Gasteiger partial charge in [-0.1, -0.05) is 12.2 Å². The summed E-state index contributed by atoms with van der Waals surface area (Å²) in [5.41, 5.74) is 0. The summed E-state index contributed by atoms with van der Waals surface area (Å²) in [4.78, 5) is 18.7. The molecular weight excluding hydrogens is 238 g/mol. The van der Waals surface area contributed by atoms with E-state index in [9.17, 15) is 4.79 Å². The van der Waals surface area contributed by atoms with Crippen molar-refractivity contribution in [3.8, 4) is 0 Å². The summed E-state index contributed by atoms with van der Waals surface area (Å²) < 4.78 is 2.14. The molecule has 3 rings (SSSR count). The van der Waals surface area contributed by atoms with Crippen LogP contribution >= 0.6 is 0 Å². The highest BCUT2D eigenvalue weighted by Crippen LogP contribution is 2.26. The van der Waals surface area contributed by atoms with Crippen molar-refractivity contribution in [3.05, 3.63) is 30.9 Å². The average Bonchev–Trinajstić information content (AvgIpc) is 3.02. The van der Waals surface area contributed by atoms with Crippen molar-refractivity contribution < 1.29 is 4.79 Å². The molecule has 0 unspecified atom stereocenters. The van der Waals surface area contributed by atoms with E-state index in [1.165, 1.54) is 0 Å². The zero-order valence-electron chi connectivity index (χ0n) is 11.2. The molecule has 1 amide bonds. The Kier molecular flexibility index (Phi) is 3.67. The standard InChI is InChI=1S/C15H21N3O/c19-15(13-5-2-1-3-6-13)17-9-4-7-14(11-17)18-10-8-16-12-18/h1-2,8,10,12-14H,3-7,9,11H2/t13-,14+/m0/s1. The van der Waals surface area contributed by atoms with Crippen molar-refractivity contribution in [3.63, 3.8) is 0 Å². The lowest BCUT2D eigenvalue weighted by Crippen LogP contribution is -2.43. The lowest BCUT2D eigenvalue weighted by molar-refractivity contribution is -0.137. The van der Waals surface area contributed by atoms with Crippen LogP contribution in [-0.4, -0.2) is 33.4 Å². The second-order valence-electron chi connectivity index (χ2n) is 5.57. The number of hydrogen-bond acceptors (Lipinski definition) is 2. The number of rotatable bonds is 2. The van der Waals surface area contributed by atoms with Crippen LogP contribution in [0.4, 0.5) is 0 Å². The number of aromatic nitrogens is 2. The Morgan fingerprint density at radius 3 is 2.95 bits per heavy atom. The Labute approximate surface area is 114 Å². The van der Waals surface area contributed by atoms with E-state index >= 15 is 0 Å². The topological polar surface area (TPSA) is 38.1 Å². The van der Waals surface area contributed by atoms with Crippen LogP contribution in [0.2, 0.25) is 0 Å². The number of hydrogen-bond donors (Lipinski definition) is 0. The molecule has 2 atom stereocenters. The van der Waals surface area contributed by atoms with E-state index in [1.54, 1.807) is 0 Å². The molecule has 0 N–H and O–H groups in total. The summed E-state index contributed by atoms with van der Waals surface area (Å²) in [5.74, 6) is 0.570. The fourth-order valence-corrected chi connectivity index (χ4v) is 3.16. The van der Waals surface area contributed by atoms with E-state index in [2.05, 4.69) is 26.6 Å². The predicted octanol–water partition coefficient (Wildman–Crippen LogP) is 2.40. The van der Waals surface area contributed by atoms with Gasteiger partial charge in [-0.3, -0.25) is 4.79 Å². The Hall–Kier alpha value is -1.58. The number of amides is 1. The van der Waals surface area contributed by atoms with Crippen molar-refractivity contribution in [2.24, 2.45) is 5.92 Å². The number of piperidine rings is 1. The summed E-state index contributed by atoms with van der Waals surface area (Å²) in [5, 5.41) is 0. The second kappa shape index (κ2) is 5.59. The first-order chi connectivity index (χ1) is 9.34. The van der Waals surface area contributed by atoms with E-state index in [4.69, 9.17) is 0 Å². The Bertz CT molecular complexity index is 452. The molecular formula is C15H21N3O. The van der Waals surface area contributed by atoms with Gasteiger partial charge in [0.25, 0.3) is 0 Å². The van der Waals surface area contributed by atoms with E-state index in [0.29, 0.717) is 11.9 Å². The number of carbonyl (C=O) groups excluding carboxylic acids is 1. The molecule has 2 heterocycles. The van der Waals surface area contributed by atoms with E-state index in [1.807, 2.05) is 18.7 Å². The minimum absolute atomic E-state index is 0.214. The maximum atomic E-state index is 12.5. The molecule has 0 bridgehead atoms. The molecule has 4 heteroatoms. The first-order valence-corrected chi connectivity index (χ1v) is 7.26. The van der Waals surface area contributed by atoms with Crippen LogP contribution in [0.1, 0.15) is 38.1 Å². The molecule has 0 saturated carbocycles. The van der Waals surface area contributed by atoms with Gasteiger partial charge in [-0.25, -0.2) is 4.98 Å². The van der Waals surface area contributed by atoms with Crippen LogP contribution in [0.15, 0.2) is 30.9 Å². The molecule has 1 aromatic heterocycles. The molecule has 1 saturated heterocycles. The maximum absolute atomic E-state index is 12.5. The van der Waals surface area contributed by atoms with E-state index < -0.39 is 0 Å². The van der Waals surface area contributed by atoms with Crippen molar-refractivity contribution in [2.45, 2.75) is 38.1 Å². The highest BCUT2D eigenvalue weighted by molar-refractivity contribution is 5.79. The monoisotopic (exact) mass is 259 g/mol. The largest absolute Gasteiger partial charge is 0.340 e. The molecule has 19 heavy (non-hydrogen) atoms. The molecule has 4 nitrogen and oxygen atoms in total. The number of carbonyl (C=O) groups is 1. The van der Waals surface area contributed by atoms with Gasteiger partial charge in [0.1, 0.15) is 0 Å². The summed E-state index contributed by atoms with van der Waals surface area (Å²) >= 11 is 0. The molecule has 1 fully saturated rings. The van der Waals surface area contributed by atoms with Gasteiger partial charge < -0.3 is 9.47 Å². The predicted molar refractivity (Wildman–Crippen MR) is 73.6 cm³/mol. The minimum Gasteiger partial charge on any atom is -0.340 e. The molecule has 2 aliphatic rings. The third-order valence-electron chi connectivity index (χ3n) is 4.27. The SMILES string of the molecule is O=C([C@H]1CC=CCC1)N1CCC[C@@H](n2ccnc2)C1. The van der Waals surface area contributed by atoms with Crippen molar-refractivity contribution in [2.75, 3.05) is 13.1 Å². The first kappa shape index (κ1) is 12.5. The highest BCUT2D eigenvalue weighted by Gasteiger charge is 2.29. The molecule has 1 aliphatic heterocycles. The first-order valence-electron chi connectivity index (χ1n) is 7.26.